The summed E-state index contributed by atoms with van der Waals surface area (Å²) < 4.78 is 5.27. The molecular weight excluding hydrogens is 214 g/mol. The van der Waals surface area contributed by atoms with E-state index in [-0.39, 0.29) is 11.7 Å². The predicted octanol–water partition coefficient (Wildman–Crippen LogP) is 2.34. The summed E-state index contributed by atoms with van der Waals surface area (Å²) in [6.07, 6.45) is 3.34. The van der Waals surface area contributed by atoms with Crippen molar-refractivity contribution in [2.24, 2.45) is 5.92 Å². The van der Waals surface area contributed by atoms with E-state index in [0.717, 1.165) is 19.4 Å². The Labute approximate surface area is 93.4 Å². The molecule has 0 N–H and O–H groups in total. The van der Waals surface area contributed by atoms with Gasteiger partial charge in [0.15, 0.2) is 5.78 Å². The van der Waals surface area contributed by atoms with Crippen LogP contribution in [-0.4, -0.2) is 24.0 Å². The zero-order valence-corrected chi connectivity index (χ0v) is 9.04. The second-order valence-corrected chi connectivity index (χ2v) is 4.08. The molecule has 0 saturated carbocycles. The van der Waals surface area contributed by atoms with Crippen molar-refractivity contribution in [2.75, 3.05) is 13.2 Å². The van der Waals surface area contributed by atoms with Crippen LogP contribution >= 0.6 is 11.6 Å². The first-order chi connectivity index (χ1) is 7.27. The van der Waals surface area contributed by atoms with Crippen molar-refractivity contribution in [3.05, 3.63) is 29.0 Å². The predicted molar refractivity (Wildman–Crippen MR) is 57.1 cm³/mol. The molecule has 1 unspecified atom stereocenters. The summed E-state index contributed by atoms with van der Waals surface area (Å²) in [5, 5.41) is 0.548. The van der Waals surface area contributed by atoms with Crippen molar-refractivity contribution >= 4 is 17.4 Å². The highest BCUT2D eigenvalue weighted by atomic mass is 35.5. The number of carbonyl (C=O) groups is 1. The highest BCUT2D eigenvalue weighted by Crippen LogP contribution is 2.18. The van der Waals surface area contributed by atoms with E-state index >= 15 is 0 Å². The Morgan fingerprint density at radius 3 is 3.00 bits per heavy atom. The molecule has 0 aliphatic carbocycles. The Balaban J connectivity index is 2.09. The highest BCUT2D eigenvalue weighted by molar-refractivity contribution is 6.30. The summed E-state index contributed by atoms with van der Waals surface area (Å²) in [5.41, 5.74) is 0.481. The van der Waals surface area contributed by atoms with Gasteiger partial charge in [0, 0.05) is 18.7 Å². The van der Waals surface area contributed by atoms with Gasteiger partial charge in [-0.2, -0.15) is 0 Å². The number of rotatable bonds is 2. The normalized spacial score (nSPS) is 21.3. The van der Waals surface area contributed by atoms with Crippen LogP contribution in [0.15, 0.2) is 18.3 Å². The van der Waals surface area contributed by atoms with Gasteiger partial charge in [-0.25, -0.2) is 0 Å². The number of Topliss-reactive ketones (excluding diaryl/α,β-unsaturated/α-hetero) is 1. The molecule has 1 aromatic heterocycles. The number of carbonyl (C=O) groups excluding carboxylic acids is 1. The van der Waals surface area contributed by atoms with E-state index in [9.17, 15) is 4.79 Å². The first-order valence-electron chi connectivity index (χ1n) is 5.01. The summed E-state index contributed by atoms with van der Waals surface area (Å²) >= 11 is 5.70. The SMILES string of the molecule is O=C(c1ccc(Cl)cn1)C1CCCOC1. The van der Waals surface area contributed by atoms with Gasteiger partial charge in [0.25, 0.3) is 0 Å². The van der Waals surface area contributed by atoms with Crippen molar-refractivity contribution in [3.63, 3.8) is 0 Å². The maximum absolute atomic E-state index is 11.9. The van der Waals surface area contributed by atoms with E-state index in [1.54, 1.807) is 12.1 Å². The lowest BCUT2D eigenvalue weighted by Crippen LogP contribution is -2.25. The molecule has 80 valence electrons. The smallest absolute Gasteiger partial charge is 0.186 e. The number of halogens is 1. The zero-order valence-electron chi connectivity index (χ0n) is 8.28. The second kappa shape index (κ2) is 4.73. The molecule has 1 aliphatic rings. The Morgan fingerprint density at radius 1 is 1.53 bits per heavy atom. The van der Waals surface area contributed by atoms with Crippen LogP contribution in [0.2, 0.25) is 5.02 Å². The monoisotopic (exact) mass is 225 g/mol. The first-order valence-corrected chi connectivity index (χ1v) is 5.38. The summed E-state index contributed by atoms with van der Waals surface area (Å²) in [5.74, 6) is 0.0267. The van der Waals surface area contributed by atoms with Crippen LogP contribution in [0.3, 0.4) is 0 Å². The summed E-state index contributed by atoms with van der Waals surface area (Å²) in [7, 11) is 0. The molecule has 0 bridgehead atoms. The van der Waals surface area contributed by atoms with Gasteiger partial charge in [0.2, 0.25) is 0 Å². The molecule has 2 rings (SSSR count). The fraction of sp³-hybridized carbons (Fsp3) is 0.455. The summed E-state index contributed by atoms with van der Waals surface area (Å²) in [6, 6.07) is 3.35. The number of pyridine rings is 1. The Kier molecular flexibility index (Phi) is 3.34. The molecule has 0 spiro atoms. The second-order valence-electron chi connectivity index (χ2n) is 3.64. The number of nitrogens with zero attached hydrogens (tertiary/aromatic N) is 1. The van der Waals surface area contributed by atoms with Gasteiger partial charge in [-0.1, -0.05) is 11.6 Å². The molecule has 1 aromatic rings. The maximum Gasteiger partial charge on any atom is 0.186 e. The van der Waals surface area contributed by atoms with E-state index in [4.69, 9.17) is 16.3 Å². The number of hydrogen-bond acceptors (Lipinski definition) is 3. The van der Waals surface area contributed by atoms with Crippen LogP contribution in [0.4, 0.5) is 0 Å². The third-order valence-electron chi connectivity index (χ3n) is 2.51. The van der Waals surface area contributed by atoms with Crippen LogP contribution in [-0.2, 0) is 4.74 Å². The summed E-state index contributed by atoms with van der Waals surface area (Å²) in [6.45, 7) is 1.28. The molecular formula is C11H12ClNO2. The molecule has 0 aromatic carbocycles. The van der Waals surface area contributed by atoms with Gasteiger partial charge in [-0.3, -0.25) is 9.78 Å². The molecule has 0 amide bonds. The lowest BCUT2D eigenvalue weighted by molar-refractivity contribution is 0.0458. The topological polar surface area (TPSA) is 39.2 Å². The lowest BCUT2D eigenvalue weighted by atomic mass is 9.95. The average molecular weight is 226 g/mol. The third kappa shape index (κ3) is 2.55. The number of ether oxygens (including phenoxy) is 1. The van der Waals surface area contributed by atoms with Gasteiger partial charge in [-0.15, -0.1) is 0 Å². The minimum Gasteiger partial charge on any atom is -0.381 e. The average Bonchev–Trinajstić information content (AvgIpc) is 2.30. The van der Waals surface area contributed by atoms with Gasteiger partial charge in [0.05, 0.1) is 11.6 Å². The highest BCUT2D eigenvalue weighted by Gasteiger charge is 2.23. The first kappa shape index (κ1) is 10.6. The molecule has 3 nitrogen and oxygen atoms in total. The van der Waals surface area contributed by atoms with Crippen molar-refractivity contribution < 1.29 is 9.53 Å². The quantitative estimate of drug-likeness (QED) is 0.726. The maximum atomic E-state index is 11.9. The van der Waals surface area contributed by atoms with E-state index in [1.165, 1.54) is 6.20 Å². The zero-order chi connectivity index (χ0) is 10.7. The van der Waals surface area contributed by atoms with Gasteiger partial charge < -0.3 is 4.74 Å². The molecule has 15 heavy (non-hydrogen) atoms. The number of hydrogen-bond donors (Lipinski definition) is 0. The van der Waals surface area contributed by atoms with Crippen LogP contribution in [0.25, 0.3) is 0 Å². The largest absolute Gasteiger partial charge is 0.381 e. The van der Waals surface area contributed by atoms with Gasteiger partial charge in [-0.05, 0) is 25.0 Å². The Morgan fingerprint density at radius 2 is 2.40 bits per heavy atom. The Bertz CT molecular complexity index is 344. The van der Waals surface area contributed by atoms with Crippen LogP contribution in [0, 0.1) is 5.92 Å². The fourth-order valence-corrected chi connectivity index (χ4v) is 1.79. The standard InChI is InChI=1S/C11H12ClNO2/c12-9-3-4-10(13-6-9)11(14)8-2-1-5-15-7-8/h3-4,6,8H,1-2,5,7H2. The van der Waals surface area contributed by atoms with Gasteiger partial charge >= 0.3 is 0 Å². The van der Waals surface area contributed by atoms with Crippen molar-refractivity contribution in [3.8, 4) is 0 Å². The molecule has 1 fully saturated rings. The van der Waals surface area contributed by atoms with Crippen LogP contribution in [0.1, 0.15) is 23.3 Å². The van der Waals surface area contributed by atoms with Crippen molar-refractivity contribution in [1.82, 2.24) is 4.98 Å². The van der Waals surface area contributed by atoms with Crippen molar-refractivity contribution in [1.29, 1.82) is 0 Å². The third-order valence-corrected chi connectivity index (χ3v) is 2.73. The fourth-order valence-electron chi connectivity index (χ4n) is 1.68. The summed E-state index contributed by atoms with van der Waals surface area (Å²) in [4.78, 5) is 15.9. The molecule has 1 saturated heterocycles. The van der Waals surface area contributed by atoms with E-state index in [0.29, 0.717) is 17.3 Å². The van der Waals surface area contributed by atoms with E-state index in [2.05, 4.69) is 4.98 Å². The molecule has 1 aliphatic heterocycles. The lowest BCUT2D eigenvalue weighted by Gasteiger charge is -2.20. The van der Waals surface area contributed by atoms with Gasteiger partial charge in [0.1, 0.15) is 5.69 Å². The Hall–Kier alpha value is -0.930. The molecule has 2 heterocycles. The van der Waals surface area contributed by atoms with E-state index < -0.39 is 0 Å². The van der Waals surface area contributed by atoms with Crippen LogP contribution < -0.4 is 0 Å². The van der Waals surface area contributed by atoms with Crippen molar-refractivity contribution in [2.45, 2.75) is 12.8 Å². The molecule has 1 atom stereocenters. The number of aromatic nitrogens is 1. The molecule has 4 heteroatoms. The number of ketones is 1. The minimum atomic E-state index is -0.0348. The van der Waals surface area contributed by atoms with Crippen LogP contribution in [0.5, 0.6) is 0 Å². The molecule has 0 radical (unpaired) electrons. The minimum absolute atomic E-state index is 0.0348. The van der Waals surface area contributed by atoms with E-state index in [1.807, 2.05) is 0 Å².